The van der Waals surface area contributed by atoms with Crippen molar-refractivity contribution in [2.24, 2.45) is 0 Å². The summed E-state index contributed by atoms with van der Waals surface area (Å²) in [7, 11) is 0. The van der Waals surface area contributed by atoms with Crippen LogP contribution in [0, 0.1) is 0 Å². The van der Waals surface area contributed by atoms with Gasteiger partial charge >= 0.3 is 0 Å². The Morgan fingerprint density at radius 2 is 2.31 bits per heavy atom. The molecule has 0 aliphatic heterocycles. The maximum atomic E-state index is 12.0. The van der Waals surface area contributed by atoms with Crippen LogP contribution in [-0.4, -0.2) is 30.6 Å². The number of carbonyl (C=O) groups excluding carboxylic acids is 1. The lowest BCUT2D eigenvalue weighted by atomic mass is 10.1. The number of aromatic amines is 1. The average molecular weight is 231 g/mol. The van der Waals surface area contributed by atoms with Crippen LogP contribution in [-0.2, 0) is 0 Å². The fourth-order valence-electron chi connectivity index (χ4n) is 1.43. The summed E-state index contributed by atoms with van der Waals surface area (Å²) >= 11 is 1.20. The minimum Gasteiger partial charge on any atom is -0.285 e. The lowest BCUT2D eigenvalue weighted by molar-refractivity contribution is 0.103. The molecule has 1 aromatic carbocycles. The number of benzene rings is 1. The van der Waals surface area contributed by atoms with Crippen molar-refractivity contribution in [3.63, 3.8) is 0 Å². The first-order chi connectivity index (χ1) is 7.86. The summed E-state index contributed by atoms with van der Waals surface area (Å²) in [6.45, 7) is 0. The summed E-state index contributed by atoms with van der Waals surface area (Å²) in [5, 5.41) is 10.1. The molecule has 0 radical (unpaired) electrons. The van der Waals surface area contributed by atoms with Crippen LogP contribution in [0.5, 0.6) is 0 Å². The van der Waals surface area contributed by atoms with Crippen molar-refractivity contribution in [1.82, 2.24) is 24.8 Å². The zero-order valence-electron chi connectivity index (χ0n) is 7.91. The van der Waals surface area contributed by atoms with Crippen LogP contribution >= 0.6 is 11.5 Å². The third kappa shape index (κ3) is 1.29. The van der Waals surface area contributed by atoms with E-state index in [9.17, 15) is 4.79 Å². The molecule has 0 bridgehead atoms. The highest BCUT2D eigenvalue weighted by molar-refractivity contribution is 7.13. The number of rotatable bonds is 2. The Morgan fingerprint density at radius 1 is 1.38 bits per heavy atom. The summed E-state index contributed by atoms with van der Waals surface area (Å²) in [4.78, 5) is 15.9. The van der Waals surface area contributed by atoms with Crippen molar-refractivity contribution in [1.29, 1.82) is 0 Å². The van der Waals surface area contributed by atoms with Gasteiger partial charge in [-0.15, -0.1) is 5.10 Å². The van der Waals surface area contributed by atoms with E-state index in [0.717, 1.165) is 10.2 Å². The van der Waals surface area contributed by atoms with Crippen molar-refractivity contribution in [3.05, 3.63) is 35.9 Å². The average Bonchev–Trinajstić information content (AvgIpc) is 2.98. The van der Waals surface area contributed by atoms with Crippen molar-refractivity contribution in [2.75, 3.05) is 0 Å². The summed E-state index contributed by atoms with van der Waals surface area (Å²) in [6, 6.07) is 5.32. The van der Waals surface area contributed by atoms with Crippen molar-refractivity contribution >= 4 is 27.5 Å². The Morgan fingerprint density at radius 3 is 3.12 bits per heavy atom. The van der Waals surface area contributed by atoms with Gasteiger partial charge in [-0.05, 0) is 23.7 Å². The maximum Gasteiger partial charge on any atom is 0.231 e. The predicted molar refractivity (Wildman–Crippen MR) is 57.2 cm³/mol. The van der Waals surface area contributed by atoms with Gasteiger partial charge in [-0.2, -0.15) is 5.10 Å². The van der Waals surface area contributed by atoms with Crippen LogP contribution in [0.4, 0.5) is 0 Å². The molecule has 0 saturated heterocycles. The molecule has 1 N–H and O–H groups in total. The molecule has 0 fully saturated rings. The molecule has 0 spiro atoms. The molecule has 3 rings (SSSR count). The minimum atomic E-state index is -0.200. The molecule has 0 atom stereocenters. The van der Waals surface area contributed by atoms with Crippen LogP contribution < -0.4 is 0 Å². The molecule has 0 aliphatic carbocycles. The van der Waals surface area contributed by atoms with Gasteiger partial charge in [0.25, 0.3) is 0 Å². The van der Waals surface area contributed by atoms with Gasteiger partial charge < -0.3 is 0 Å². The quantitative estimate of drug-likeness (QED) is 0.666. The van der Waals surface area contributed by atoms with E-state index in [1.165, 1.54) is 17.9 Å². The van der Waals surface area contributed by atoms with Crippen LogP contribution in [0.15, 0.2) is 24.5 Å². The van der Waals surface area contributed by atoms with E-state index in [1.54, 1.807) is 12.1 Å². The van der Waals surface area contributed by atoms with Gasteiger partial charge in [-0.25, -0.2) is 4.98 Å². The summed E-state index contributed by atoms with van der Waals surface area (Å²) in [5.74, 6) is 0.0232. The van der Waals surface area contributed by atoms with Crippen LogP contribution in [0.2, 0.25) is 0 Å². The smallest absolute Gasteiger partial charge is 0.231 e. The van der Waals surface area contributed by atoms with E-state index in [4.69, 9.17) is 0 Å². The fourth-order valence-corrected chi connectivity index (χ4v) is 2.10. The minimum absolute atomic E-state index is 0.200. The maximum absolute atomic E-state index is 12.0. The van der Waals surface area contributed by atoms with E-state index >= 15 is 0 Å². The number of fused-ring (bicyclic) bond motifs is 1. The molecule has 6 nitrogen and oxygen atoms in total. The Bertz CT molecular complexity index is 645. The first-order valence-corrected chi connectivity index (χ1v) is 5.25. The van der Waals surface area contributed by atoms with Crippen molar-refractivity contribution in [2.45, 2.75) is 0 Å². The molecule has 0 saturated carbocycles. The second-order valence-corrected chi connectivity index (χ2v) is 3.84. The van der Waals surface area contributed by atoms with Crippen LogP contribution in [0.25, 0.3) is 10.2 Å². The van der Waals surface area contributed by atoms with Crippen molar-refractivity contribution in [3.8, 4) is 0 Å². The molecule has 0 aliphatic rings. The molecule has 0 amide bonds. The Labute approximate surface area is 93.5 Å². The fraction of sp³-hybridized carbons (Fsp3) is 0. The summed E-state index contributed by atoms with van der Waals surface area (Å²) in [6.07, 6.45) is 1.30. The number of aromatic nitrogens is 5. The zero-order chi connectivity index (χ0) is 11.0. The third-order valence-corrected chi connectivity index (χ3v) is 2.92. The van der Waals surface area contributed by atoms with Gasteiger partial charge in [0.15, 0.2) is 5.82 Å². The molecule has 3 aromatic rings. The largest absolute Gasteiger partial charge is 0.285 e. The van der Waals surface area contributed by atoms with Crippen LogP contribution in [0.3, 0.4) is 0 Å². The van der Waals surface area contributed by atoms with E-state index in [2.05, 4.69) is 24.8 Å². The highest BCUT2D eigenvalue weighted by Crippen LogP contribution is 2.21. The van der Waals surface area contributed by atoms with Crippen LogP contribution in [0.1, 0.15) is 16.2 Å². The number of carbonyl (C=O) groups is 1. The Balaban J connectivity index is 2.19. The number of hydrogen-bond donors (Lipinski definition) is 1. The number of H-pyrrole nitrogens is 1. The standard InChI is InChI=1S/C9H5N5OS/c15-7(9-10-4-11-13-9)5-2-1-3-6-8(5)16-14-12-6/h1-4H,(H,10,11,13). The first-order valence-electron chi connectivity index (χ1n) is 4.47. The molecular weight excluding hydrogens is 226 g/mol. The second-order valence-electron chi connectivity index (χ2n) is 3.09. The summed E-state index contributed by atoms with van der Waals surface area (Å²) < 4.78 is 4.59. The number of ketones is 1. The Hall–Kier alpha value is -2.15. The third-order valence-electron chi connectivity index (χ3n) is 2.15. The molecule has 16 heavy (non-hydrogen) atoms. The topological polar surface area (TPSA) is 84.4 Å². The number of nitrogens with zero attached hydrogens (tertiary/aromatic N) is 4. The number of hydrogen-bond acceptors (Lipinski definition) is 6. The molecule has 78 valence electrons. The highest BCUT2D eigenvalue weighted by atomic mass is 32.1. The van der Waals surface area contributed by atoms with E-state index < -0.39 is 0 Å². The zero-order valence-corrected chi connectivity index (χ0v) is 8.73. The lowest BCUT2D eigenvalue weighted by Gasteiger charge is -1.96. The molecule has 2 heterocycles. The van der Waals surface area contributed by atoms with Gasteiger partial charge in [0.1, 0.15) is 11.8 Å². The van der Waals surface area contributed by atoms with Gasteiger partial charge in [-0.3, -0.25) is 9.89 Å². The molecule has 2 aromatic heterocycles. The van der Waals surface area contributed by atoms with E-state index in [1.807, 2.05) is 6.07 Å². The summed E-state index contributed by atoms with van der Waals surface area (Å²) in [5.41, 5.74) is 1.26. The van der Waals surface area contributed by atoms with E-state index in [-0.39, 0.29) is 11.6 Å². The van der Waals surface area contributed by atoms with Gasteiger partial charge in [0.2, 0.25) is 5.78 Å². The SMILES string of the molecule is O=C(c1ncn[nH]1)c1cccc2nnsc12. The Kier molecular flexibility index (Phi) is 1.97. The van der Waals surface area contributed by atoms with Crippen molar-refractivity contribution < 1.29 is 4.79 Å². The molecular formula is C9H5N5OS. The van der Waals surface area contributed by atoms with Gasteiger partial charge in [0, 0.05) is 5.56 Å². The van der Waals surface area contributed by atoms with E-state index in [0.29, 0.717) is 5.56 Å². The highest BCUT2D eigenvalue weighted by Gasteiger charge is 2.16. The monoisotopic (exact) mass is 231 g/mol. The predicted octanol–water partition coefficient (Wildman–Crippen LogP) is 1.04. The van der Waals surface area contributed by atoms with Gasteiger partial charge in [-0.1, -0.05) is 10.6 Å². The molecule has 7 heteroatoms. The lowest BCUT2D eigenvalue weighted by Crippen LogP contribution is -2.03. The van der Waals surface area contributed by atoms with Gasteiger partial charge in [0.05, 0.1) is 4.70 Å². The first kappa shape index (κ1) is 9.10. The molecule has 0 unspecified atom stereocenters. The number of nitrogens with one attached hydrogen (secondary N) is 1. The normalized spacial score (nSPS) is 10.8. The second kappa shape index (κ2) is 3.46.